The van der Waals surface area contributed by atoms with Crippen LogP contribution in [-0.4, -0.2) is 48.0 Å². The van der Waals surface area contributed by atoms with Crippen LogP contribution in [0.1, 0.15) is 31.1 Å². The van der Waals surface area contributed by atoms with E-state index in [1.54, 1.807) is 30.0 Å². The van der Waals surface area contributed by atoms with Gasteiger partial charge in [-0.3, -0.25) is 14.9 Å². The monoisotopic (exact) mass is 424 g/mol. The molecule has 1 heterocycles. The lowest BCUT2D eigenvalue weighted by Crippen LogP contribution is -2.47. The van der Waals surface area contributed by atoms with Crippen LogP contribution in [0.25, 0.3) is 0 Å². The summed E-state index contributed by atoms with van der Waals surface area (Å²) in [6.07, 6.45) is 0. The van der Waals surface area contributed by atoms with E-state index in [0.29, 0.717) is 22.2 Å². The highest BCUT2D eigenvalue weighted by Crippen LogP contribution is 2.25. The van der Waals surface area contributed by atoms with Crippen LogP contribution < -0.4 is 20.1 Å². The zero-order valence-corrected chi connectivity index (χ0v) is 18.1. The van der Waals surface area contributed by atoms with Crippen molar-refractivity contribution in [2.24, 2.45) is 5.92 Å². The topological polar surface area (TPSA) is 102 Å². The lowest BCUT2D eigenvalue weighted by molar-refractivity contribution is -0.118. The van der Waals surface area contributed by atoms with Crippen molar-refractivity contribution in [1.82, 2.24) is 15.5 Å². The summed E-state index contributed by atoms with van der Waals surface area (Å²) in [5.41, 5.74) is 0.340. The lowest BCUT2D eigenvalue weighted by atomic mass is 10.0. The normalized spacial score (nSPS) is 11.8. The van der Waals surface area contributed by atoms with Gasteiger partial charge in [0.05, 0.1) is 14.2 Å². The molecule has 0 aliphatic carbocycles. The number of carbonyl (C=O) groups excluding carboxylic acids is 2. The largest absolute Gasteiger partial charge is 0.497 e. The Balaban J connectivity index is 2.12. The van der Waals surface area contributed by atoms with E-state index in [2.05, 4.69) is 20.8 Å². The van der Waals surface area contributed by atoms with Crippen LogP contribution in [-0.2, 0) is 4.79 Å². The van der Waals surface area contributed by atoms with Gasteiger partial charge in [0.25, 0.3) is 5.91 Å². The second-order valence-corrected chi connectivity index (χ2v) is 8.58. The van der Waals surface area contributed by atoms with Gasteiger partial charge in [-0.2, -0.15) is 0 Å². The molecule has 0 aliphatic heterocycles. The molecule has 0 saturated heterocycles. The van der Waals surface area contributed by atoms with Crippen LogP contribution in [0, 0.1) is 5.92 Å². The molecule has 1 aromatic heterocycles. The fourth-order valence-corrected chi connectivity index (χ4v) is 3.98. The summed E-state index contributed by atoms with van der Waals surface area (Å²) < 4.78 is 11.2. The second-order valence-electron chi connectivity index (χ2n) is 6.09. The summed E-state index contributed by atoms with van der Waals surface area (Å²) in [5.74, 6) is 0.980. The van der Waals surface area contributed by atoms with Crippen LogP contribution in [0.2, 0.25) is 0 Å². The molecule has 2 amide bonds. The third-order valence-corrected chi connectivity index (χ3v) is 5.61. The summed E-state index contributed by atoms with van der Waals surface area (Å²) in [7, 11) is 3.02. The highest BCUT2D eigenvalue weighted by Gasteiger charge is 2.26. The van der Waals surface area contributed by atoms with Crippen molar-refractivity contribution in [3.8, 4) is 11.5 Å². The number of hydrogen-bond acceptors (Lipinski definition) is 8. The van der Waals surface area contributed by atoms with E-state index >= 15 is 0 Å². The van der Waals surface area contributed by atoms with Crippen molar-refractivity contribution in [2.75, 3.05) is 25.3 Å². The molecule has 0 aliphatic rings. The van der Waals surface area contributed by atoms with Crippen molar-refractivity contribution in [1.29, 1.82) is 0 Å². The van der Waals surface area contributed by atoms with Crippen LogP contribution in [0.4, 0.5) is 5.13 Å². The van der Waals surface area contributed by atoms with Crippen molar-refractivity contribution in [2.45, 2.75) is 31.2 Å². The summed E-state index contributed by atoms with van der Waals surface area (Å²) in [6.45, 7) is 5.73. The smallest absolute Gasteiger partial charge is 0.252 e. The van der Waals surface area contributed by atoms with Crippen LogP contribution >= 0.6 is 23.1 Å². The van der Waals surface area contributed by atoms with Gasteiger partial charge < -0.3 is 14.8 Å². The zero-order chi connectivity index (χ0) is 20.7. The van der Waals surface area contributed by atoms with Crippen LogP contribution in [0.3, 0.4) is 0 Å². The maximum atomic E-state index is 12.7. The minimum atomic E-state index is -0.740. The molecule has 10 heteroatoms. The predicted octanol–water partition coefficient (Wildman–Crippen LogP) is 3.06. The predicted molar refractivity (Wildman–Crippen MR) is 111 cm³/mol. The number of nitrogens with zero attached hydrogens (tertiary/aromatic N) is 2. The third kappa shape index (κ3) is 5.83. The number of rotatable bonds is 9. The molecule has 28 heavy (non-hydrogen) atoms. The fourth-order valence-electron chi connectivity index (χ4n) is 2.32. The van der Waals surface area contributed by atoms with Gasteiger partial charge in [-0.15, -0.1) is 10.2 Å². The Morgan fingerprint density at radius 1 is 1.14 bits per heavy atom. The maximum Gasteiger partial charge on any atom is 0.252 e. The van der Waals surface area contributed by atoms with Crippen molar-refractivity contribution < 1.29 is 19.1 Å². The Kier molecular flexibility index (Phi) is 8.06. The van der Waals surface area contributed by atoms with Gasteiger partial charge in [-0.1, -0.05) is 43.9 Å². The molecule has 2 rings (SSSR count). The van der Waals surface area contributed by atoms with Gasteiger partial charge >= 0.3 is 0 Å². The van der Waals surface area contributed by atoms with Crippen LogP contribution in [0.5, 0.6) is 11.5 Å². The van der Waals surface area contributed by atoms with E-state index in [1.807, 2.05) is 20.8 Å². The molecular weight excluding hydrogens is 400 g/mol. The van der Waals surface area contributed by atoms with E-state index in [9.17, 15) is 9.59 Å². The number of aromatic nitrogens is 2. The Labute approximate surface area is 172 Å². The van der Waals surface area contributed by atoms with Crippen LogP contribution in [0.15, 0.2) is 22.5 Å². The van der Waals surface area contributed by atoms with Crippen molar-refractivity contribution in [3.05, 3.63) is 23.8 Å². The van der Waals surface area contributed by atoms with E-state index in [1.165, 1.54) is 25.6 Å². The highest BCUT2D eigenvalue weighted by molar-refractivity contribution is 8.01. The fraction of sp³-hybridized carbons (Fsp3) is 0.444. The molecule has 0 fully saturated rings. The highest BCUT2D eigenvalue weighted by atomic mass is 32.2. The quantitative estimate of drug-likeness (QED) is 0.471. The number of hydrogen-bond donors (Lipinski definition) is 2. The molecule has 0 saturated carbocycles. The molecule has 8 nitrogen and oxygen atoms in total. The van der Waals surface area contributed by atoms with E-state index in [-0.39, 0.29) is 11.8 Å². The molecule has 0 bridgehead atoms. The Hall–Kier alpha value is -2.33. The van der Waals surface area contributed by atoms with Gasteiger partial charge in [-0.05, 0) is 23.8 Å². The number of ether oxygens (including phenoxy) is 2. The number of anilines is 1. The first-order chi connectivity index (χ1) is 13.4. The first-order valence-electron chi connectivity index (χ1n) is 8.69. The molecule has 1 atom stereocenters. The van der Waals surface area contributed by atoms with E-state index < -0.39 is 11.9 Å². The minimum Gasteiger partial charge on any atom is -0.497 e. The standard InChI is InChI=1S/C18H24N4O4S2/c1-6-27-18-22-21-17(28-18)20-16(24)14(10(2)3)19-15(23)11-7-12(25-4)9-13(8-11)26-5/h7-10,14H,6H2,1-5H3,(H,19,23)(H,20,21,24)/t14-/m1/s1. The van der Waals surface area contributed by atoms with E-state index in [4.69, 9.17) is 9.47 Å². The zero-order valence-electron chi connectivity index (χ0n) is 16.4. The Morgan fingerprint density at radius 3 is 2.32 bits per heavy atom. The molecule has 0 spiro atoms. The number of thioether (sulfide) groups is 1. The van der Waals surface area contributed by atoms with Gasteiger partial charge in [0.2, 0.25) is 11.0 Å². The summed E-state index contributed by atoms with van der Waals surface area (Å²) in [4.78, 5) is 25.4. The lowest BCUT2D eigenvalue weighted by Gasteiger charge is -2.21. The number of benzene rings is 1. The molecule has 152 valence electrons. The van der Waals surface area contributed by atoms with Gasteiger partial charge in [0.1, 0.15) is 17.5 Å². The Morgan fingerprint density at radius 2 is 1.79 bits per heavy atom. The molecular formula is C18H24N4O4S2. The number of amides is 2. The average Bonchev–Trinajstić information content (AvgIpc) is 3.12. The summed E-state index contributed by atoms with van der Waals surface area (Å²) in [6, 6.07) is 4.11. The molecule has 0 unspecified atom stereocenters. The summed E-state index contributed by atoms with van der Waals surface area (Å²) in [5, 5.41) is 13.9. The first-order valence-corrected chi connectivity index (χ1v) is 10.5. The summed E-state index contributed by atoms with van der Waals surface area (Å²) >= 11 is 2.86. The number of nitrogens with one attached hydrogen (secondary N) is 2. The molecule has 2 aromatic rings. The third-order valence-electron chi connectivity index (χ3n) is 3.75. The van der Waals surface area contributed by atoms with Gasteiger partial charge in [-0.25, -0.2) is 0 Å². The first kappa shape index (κ1) is 22.0. The SMILES string of the molecule is CCSc1nnc(NC(=O)[C@H](NC(=O)c2cc(OC)cc(OC)c2)C(C)C)s1. The number of carbonyl (C=O) groups is 2. The number of methoxy groups -OCH3 is 2. The second kappa shape index (κ2) is 10.3. The van der Waals surface area contributed by atoms with Crippen molar-refractivity contribution >= 4 is 40.0 Å². The van der Waals surface area contributed by atoms with Crippen molar-refractivity contribution in [3.63, 3.8) is 0 Å². The average molecular weight is 425 g/mol. The Bertz CT molecular complexity index is 803. The molecule has 0 radical (unpaired) electrons. The maximum absolute atomic E-state index is 12.7. The van der Waals surface area contributed by atoms with E-state index in [0.717, 1.165) is 10.1 Å². The molecule has 1 aromatic carbocycles. The van der Waals surface area contributed by atoms with Gasteiger partial charge in [0, 0.05) is 11.6 Å². The van der Waals surface area contributed by atoms with Gasteiger partial charge in [0.15, 0.2) is 4.34 Å². The minimum absolute atomic E-state index is 0.131. The molecule has 2 N–H and O–H groups in total.